The predicted octanol–water partition coefficient (Wildman–Crippen LogP) is -0.846. The van der Waals surface area contributed by atoms with Crippen LogP contribution in [-0.2, 0) is 14.3 Å². The number of methoxy groups -OCH3 is 1. The minimum Gasteiger partial charge on any atom is -0.467 e. The Bertz CT molecular complexity index is 283. The van der Waals surface area contributed by atoms with Crippen molar-refractivity contribution in [1.82, 2.24) is 5.32 Å². The van der Waals surface area contributed by atoms with E-state index in [1.165, 1.54) is 7.11 Å². The van der Waals surface area contributed by atoms with Gasteiger partial charge in [0, 0.05) is 12.0 Å². The van der Waals surface area contributed by atoms with E-state index >= 15 is 0 Å². The molecule has 1 rings (SSSR count). The number of nitrogens with one attached hydrogen (secondary N) is 1. The zero-order valence-corrected chi connectivity index (χ0v) is 10.0. The van der Waals surface area contributed by atoms with Crippen LogP contribution in [-0.4, -0.2) is 42.8 Å². The Morgan fingerprint density at radius 3 is 2.82 bits per heavy atom. The van der Waals surface area contributed by atoms with Crippen LogP contribution in [0.3, 0.4) is 0 Å². The predicted molar refractivity (Wildman–Crippen MR) is 61.0 cm³/mol. The lowest BCUT2D eigenvalue weighted by atomic mass is 9.85. The number of ether oxygens (including phenoxy) is 1. The fourth-order valence-electron chi connectivity index (χ4n) is 2.03. The maximum Gasteiger partial charge on any atom is 0.336 e. The molecule has 6 heteroatoms. The number of amides is 1. The number of nitrogens with two attached hydrogens (primary N) is 1. The van der Waals surface area contributed by atoms with Crippen molar-refractivity contribution in [3.63, 3.8) is 0 Å². The smallest absolute Gasteiger partial charge is 0.336 e. The molecule has 6 nitrogen and oxygen atoms in total. The molecule has 0 aromatic rings. The lowest BCUT2D eigenvalue weighted by Crippen LogP contribution is -2.42. The van der Waals surface area contributed by atoms with Gasteiger partial charge < -0.3 is 20.9 Å². The van der Waals surface area contributed by atoms with Gasteiger partial charge in [-0.2, -0.15) is 0 Å². The van der Waals surface area contributed by atoms with Crippen LogP contribution in [0, 0.1) is 5.92 Å². The molecule has 0 aromatic carbocycles. The molecule has 0 aliphatic heterocycles. The molecule has 0 saturated heterocycles. The summed E-state index contributed by atoms with van der Waals surface area (Å²) in [5.74, 6) is -1.00. The summed E-state index contributed by atoms with van der Waals surface area (Å²) in [5, 5.41) is 11.8. The Morgan fingerprint density at radius 1 is 1.53 bits per heavy atom. The third kappa shape index (κ3) is 4.32. The van der Waals surface area contributed by atoms with E-state index in [-0.39, 0.29) is 24.4 Å². The Labute approximate surface area is 101 Å². The van der Waals surface area contributed by atoms with Crippen molar-refractivity contribution in [1.29, 1.82) is 0 Å². The highest BCUT2D eigenvalue weighted by atomic mass is 16.5. The van der Waals surface area contributed by atoms with Crippen molar-refractivity contribution in [2.75, 3.05) is 13.7 Å². The second kappa shape index (κ2) is 6.56. The van der Waals surface area contributed by atoms with Crippen molar-refractivity contribution in [3.8, 4) is 0 Å². The summed E-state index contributed by atoms with van der Waals surface area (Å²) in [6.45, 7) is -0.114. The number of aliphatic hydroxyl groups is 1. The maximum atomic E-state index is 11.7. The van der Waals surface area contributed by atoms with E-state index in [1.807, 2.05) is 0 Å². The van der Waals surface area contributed by atoms with Gasteiger partial charge in [0.25, 0.3) is 0 Å². The number of rotatable bonds is 4. The van der Waals surface area contributed by atoms with Crippen molar-refractivity contribution >= 4 is 11.9 Å². The van der Waals surface area contributed by atoms with Gasteiger partial charge in [-0.1, -0.05) is 6.42 Å². The number of esters is 1. The van der Waals surface area contributed by atoms with Gasteiger partial charge in [-0.25, -0.2) is 4.79 Å². The molecule has 0 spiro atoms. The van der Waals surface area contributed by atoms with E-state index in [9.17, 15) is 14.7 Å². The largest absolute Gasteiger partial charge is 0.467 e. The highest BCUT2D eigenvalue weighted by Crippen LogP contribution is 2.22. The van der Waals surface area contributed by atoms with Gasteiger partial charge in [0.15, 0.2) is 6.10 Å². The van der Waals surface area contributed by atoms with Gasteiger partial charge >= 0.3 is 5.97 Å². The SMILES string of the molecule is COC(=O)C(O)CNC(=O)C1CCCC(N)C1. The lowest BCUT2D eigenvalue weighted by molar-refractivity contribution is -0.150. The molecule has 3 unspecified atom stereocenters. The van der Waals surface area contributed by atoms with Gasteiger partial charge in [-0.15, -0.1) is 0 Å². The average molecular weight is 244 g/mol. The summed E-state index contributed by atoms with van der Waals surface area (Å²) in [6.07, 6.45) is 2.07. The molecule has 1 aliphatic carbocycles. The molecule has 0 radical (unpaired) electrons. The monoisotopic (exact) mass is 244 g/mol. The molecule has 3 atom stereocenters. The summed E-state index contributed by atoms with van der Waals surface area (Å²) in [4.78, 5) is 22.6. The Hall–Kier alpha value is -1.14. The molecular weight excluding hydrogens is 224 g/mol. The molecule has 1 amide bonds. The second-order valence-corrected chi connectivity index (χ2v) is 4.41. The molecule has 1 fully saturated rings. The minimum atomic E-state index is -1.30. The number of hydrogen-bond donors (Lipinski definition) is 3. The van der Waals surface area contributed by atoms with Gasteiger partial charge in [-0.3, -0.25) is 4.79 Å². The van der Waals surface area contributed by atoms with Crippen LogP contribution in [0.15, 0.2) is 0 Å². The molecule has 0 aromatic heterocycles. The second-order valence-electron chi connectivity index (χ2n) is 4.41. The third-order valence-electron chi connectivity index (χ3n) is 3.03. The van der Waals surface area contributed by atoms with Crippen molar-refractivity contribution in [2.24, 2.45) is 11.7 Å². The molecule has 98 valence electrons. The average Bonchev–Trinajstić information content (AvgIpc) is 2.34. The van der Waals surface area contributed by atoms with E-state index in [0.29, 0.717) is 6.42 Å². The van der Waals surface area contributed by atoms with Gasteiger partial charge in [0.1, 0.15) is 0 Å². The highest BCUT2D eigenvalue weighted by molar-refractivity contribution is 5.80. The maximum absolute atomic E-state index is 11.7. The van der Waals surface area contributed by atoms with Crippen molar-refractivity contribution in [3.05, 3.63) is 0 Å². The fourth-order valence-corrected chi connectivity index (χ4v) is 2.03. The number of hydrogen-bond acceptors (Lipinski definition) is 5. The zero-order valence-electron chi connectivity index (χ0n) is 10.0. The van der Waals surface area contributed by atoms with Gasteiger partial charge in [0.2, 0.25) is 5.91 Å². The number of aliphatic hydroxyl groups excluding tert-OH is 1. The van der Waals surface area contributed by atoms with Crippen LogP contribution in [0.1, 0.15) is 25.7 Å². The van der Waals surface area contributed by atoms with Crippen LogP contribution in [0.25, 0.3) is 0 Å². The molecule has 4 N–H and O–H groups in total. The van der Waals surface area contributed by atoms with Gasteiger partial charge in [-0.05, 0) is 19.3 Å². The number of carbonyl (C=O) groups is 2. The van der Waals surface area contributed by atoms with E-state index in [2.05, 4.69) is 10.1 Å². The van der Waals surface area contributed by atoms with Crippen LogP contribution in [0.4, 0.5) is 0 Å². The standard InChI is InChI=1S/C11H20N2O4/c1-17-11(16)9(14)6-13-10(15)7-3-2-4-8(12)5-7/h7-9,14H,2-6,12H2,1H3,(H,13,15). The summed E-state index contributed by atoms with van der Waals surface area (Å²) >= 11 is 0. The van der Waals surface area contributed by atoms with Crippen molar-refractivity contribution < 1.29 is 19.4 Å². The Balaban J connectivity index is 2.31. The Morgan fingerprint density at radius 2 is 2.24 bits per heavy atom. The molecule has 1 saturated carbocycles. The topological polar surface area (TPSA) is 102 Å². The first-order chi connectivity index (χ1) is 8.04. The van der Waals surface area contributed by atoms with Crippen LogP contribution in [0.5, 0.6) is 0 Å². The first-order valence-electron chi connectivity index (χ1n) is 5.83. The van der Waals surface area contributed by atoms with Crippen LogP contribution in [0.2, 0.25) is 0 Å². The quantitative estimate of drug-likeness (QED) is 0.559. The summed E-state index contributed by atoms with van der Waals surface area (Å²) in [5.41, 5.74) is 5.79. The van der Waals surface area contributed by atoms with Crippen LogP contribution < -0.4 is 11.1 Å². The first-order valence-corrected chi connectivity index (χ1v) is 5.83. The lowest BCUT2D eigenvalue weighted by Gasteiger charge is -2.25. The third-order valence-corrected chi connectivity index (χ3v) is 3.03. The highest BCUT2D eigenvalue weighted by Gasteiger charge is 2.26. The molecular formula is C11H20N2O4. The van der Waals surface area contributed by atoms with Crippen molar-refractivity contribution in [2.45, 2.75) is 37.8 Å². The molecule has 0 bridgehead atoms. The summed E-state index contributed by atoms with van der Waals surface area (Å²) in [6, 6.07) is 0.0741. The van der Waals surface area contributed by atoms with E-state index in [0.717, 1.165) is 19.3 Å². The summed E-state index contributed by atoms with van der Waals surface area (Å²) in [7, 11) is 1.19. The zero-order chi connectivity index (χ0) is 12.8. The fraction of sp³-hybridized carbons (Fsp3) is 0.818. The molecule has 1 aliphatic rings. The van der Waals surface area contributed by atoms with E-state index in [4.69, 9.17) is 5.73 Å². The summed E-state index contributed by atoms with van der Waals surface area (Å²) < 4.78 is 4.35. The van der Waals surface area contributed by atoms with E-state index < -0.39 is 12.1 Å². The molecule has 0 heterocycles. The minimum absolute atomic E-state index is 0.0741. The normalized spacial score (nSPS) is 26.1. The Kier molecular flexibility index (Phi) is 5.37. The van der Waals surface area contributed by atoms with Gasteiger partial charge in [0.05, 0.1) is 13.7 Å². The van der Waals surface area contributed by atoms with Crippen LogP contribution >= 0.6 is 0 Å². The number of carbonyl (C=O) groups excluding carboxylic acids is 2. The van der Waals surface area contributed by atoms with E-state index in [1.54, 1.807) is 0 Å². The first kappa shape index (κ1) is 13.9. The molecule has 17 heavy (non-hydrogen) atoms.